The molecule has 0 spiro atoms. The molecular weight excluding hydrogens is 311 g/mol. The van der Waals surface area contributed by atoms with Crippen LogP contribution in [0.5, 0.6) is 0 Å². The summed E-state index contributed by atoms with van der Waals surface area (Å²) in [5, 5.41) is 4.25. The van der Waals surface area contributed by atoms with E-state index in [0.29, 0.717) is 23.1 Å². The van der Waals surface area contributed by atoms with Crippen molar-refractivity contribution in [2.24, 2.45) is 0 Å². The minimum absolute atomic E-state index is 0.181. The van der Waals surface area contributed by atoms with E-state index in [-0.39, 0.29) is 12.1 Å². The first-order chi connectivity index (χ1) is 9.79. The summed E-state index contributed by atoms with van der Waals surface area (Å²) in [6.45, 7) is 7.49. The lowest BCUT2D eigenvalue weighted by atomic mass is 10.0. The van der Waals surface area contributed by atoms with Crippen LogP contribution in [-0.2, 0) is 4.74 Å². The Bertz CT molecular complexity index is 529. The minimum atomic E-state index is -0.523. The predicted octanol–water partition coefficient (Wildman–Crippen LogP) is 3.87. The molecule has 1 aromatic carbocycles. The van der Waals surface area contributed by atoms with E-state index in [1.165, 1.54) is 0 Å². The van der Waals surface area contributed by atoms with Crippen molar-refractivity contribution < 1.29 is 9.53 Å². The number of piperazine rings is 1. The quantitative estimate of drug-likeness (QED) is 0.849. The van der Waals surface area contributed by atoms with E-state index in [9.17, 15) is 4.79 Å². The van der Waals surface area contributed by atoms with Gasteiger partial charge in [0, 0.05) is 19.6 Å². The van der Waals surface area contributed by atoms with Gasteiger partial charge in [0.2, 0.25) is 0 Å². The maximum Gasteiger partial charge on any atom is 0.410 e. The van der Waals surface area contributed by atoms with Gasteiger partial charge >= 0.3 is 6.09 Å². The van der Waals surface area contributed by atoms with Crippen LogP contribution >= 0.6 is 23.2 Å². The van der Waals surface area contributed by atoms with Crippen LogP contribution in [0.4, 0.5) is 4.79 Å². The monoisotopic (exact) mass is 330 g/mol. The summed E-state index contributed by atoms with van der Waals surface area (Å²) in [4.78, 5) is 14.1. The number of amides is 1. The molecule has 1 unspecified atom stereocenters. The van der Waals surface area contributed by atoms with E-state index in [0.717, 1.165) is 12.1 Å². The highest BCUT2D eigenvalue weighted by Gasteiger charge is 2.32. The van der Waals surface area contributed by atoms with E-state index in [1.54, 1.807) is 11.0 Å². The molecule has 0 saturated carbocycles. The fourth-order valence-corrected chi connectivity index (χ4v) is 2.73. The molecule has 1 heterocycles. The van der Waals surface area contributed by atoms with Crippen LogP contribution in [0.1, 0.15) is 32.4 Å². The molecule has 0 aromatic heterocycles. The van der Waals surface area contributed by atoms with Gasteiger partial charge in [-0.15, -0.1) is 0 Å². The van der Waals surface area contributed by atoms with Crippen molar-refractivity contribution in [1.29, 1.82) is 0 Å². The Kier molecular flexibility index (Phi) is 5.02. The van der Waals surface area contributed by atoms with Gasteiger partial charge in [-0.25, -0.2) is 4.79 Å². The van der Waals surface area contributed by atoms with Crippen molar-refractivity contribution in [2.45, 2.75) is 32.4 Å². The van der Waals surface area contributed by atoms with Gasteiger partial charge in [0.15, 0.2) is 0 Å². The summed E-state index contributed by atoms with van der Waals surface area (Å²) >= 11 is 12.4. The Morgan fingerprint density at radius 1 is 1.38 bits per heavy atom. The van der Waals surface area contributed by atoms with Crippen LogP contribution in [0.15, 0.2) is 18.2 Å². The smallest absolute Gasteiger partial charge is 0.410 e. The van der Waals surface area contributed by atoms with Gasteiger partial charge in [-0.3, -0.25) is 4.90 Å². The number of halogens is 2. The van der Waals surface area contributed by atoms with E-state index < -0.39 is 5.60 Å². The van der Waals surface area contributed by atoms with Gasteiger partial charge in [0.1, 0.15) is 5.60 Å². The molecule has 1 aliphatic rings. The Balaban J connectivity index is 2.27. The molecule has 1 aliphatic heterocycles. The molecule has 1 N–H and O–H groups in total. The van der Waals surface area contributed by atoms with E-state index in [4.69, 9.17) is 27.9 Å². The largest absolute Gasteiger partial charge is 0.444 e. The summed E-state index contributed by atoms with van der Waals surface area (Å²) in [5.74, 6) is 0. The molecule has 4 nitrogen and oxygen atoms in total. The Labute approximate surface area is 135 Å². The first-order valence-electron chi connectivity index (χ1n) is 6.94. The van der Waals surface area contributed by atoms with Crippen LogP contribution < -0.4 is 5.32 Å². The van der Waals surface area contributed by atoms with Crippen LogP contribution in [0.3, 0.4) is 0 Å². The third kappa shape index (κ3) is 4.02. The molecule has 6 heteroatoms. The summed E-state index contributed by atoms with van der Waals surface area (Å²) in [7, 11) is 0. The lowest BCUT2D eigenvalue weighted by Gasteiger charge is -2.37. The Morgan fingerprint density at radius 2 is 2.10 bits per heavy atom. The van der Waals surface area contributed by atoms with Crippen molar-refractivity contribution in [2.75, 3.05) is 19.6 Å². The second-order valence-corrected chi connectivity index (χ2v) is 6.82. The molecule has 0 radical (unpaired) electrons. The summed E-state index contributed by atoms with van der Waals surface area (Å²) in [6, 6.07) is 5.29. The fraction of sp³-hybridized carbons (Fsp3) is 0.533. The zero-order valence-electron chi connectivity index (χ0n) is 12.5. The number of carbonyl (C=O) groups excluding carboxylic acids is 1. The molecule has 1 fully saturated rings. The zero-order valence-corrected chi connectivity index (χ0v) is 14.0. The average molecular weight is 331 g/mol. The van der Waals surface area contributed by atoms with Crippen LogP contribution in [-0.4, -0.2) is 36.2 Å². The van der Waals surface area contributed by atoms with Gasteiger partial charge in [0.05, 0.1) is 16.1 Å². The van der Waals surface area contributed by atoms with Gasteiger partial charge in [0.25, 0.3) is 0 Å². The number of hydrogen-bond donors (Lipinski definition) is 1. The number of hydrogen-bond acceptors (Lipinski definition) is 3. The van der Waals surface area contributed by atoms with Crippen molar-refractivity contribution >= 4 is 29.3 Å². The van der Waals surface area contributed by atoms with E-state index in [1.807, 2.05) is 32.9 Å². The second kappa shape index (κ2) is 6.42. The van der Waals surface area contributed by atoms with Crippen molar-refractivity contribution in [1.82, 2.24) is 10.2 Å². The number of benzene rings is 1. The molecule has 1 saturated heterocycles. The third-order valence-electron chi connectivity index (χ3n) is 3.21. The van der Waals surface area contributed by atoms with Crippen molar-refractivity contribution in [3.63, 3.8) is 0 Å². The topological polar surface area (TPSA) is 41.6 Å². The summed E-state index contributed by atoms with van der Waals surface area (Å²) in [5.41, 5.74) is 0.312. The number of nitrogens with one attached hydrogen (secondary N) is 1. The molecule has 1 amide bonds. The Hall–Kier alpha value is -0.970. The predicted molar refractivity (Wildman–Crippen MR) is 85.0 cm³/mol. The lowest BCUT2D eigenvalue weighted by molar-refractivity contribution is 0.0118. The van der Waals surface area contributed by atoms with Crippen LogP contribution in [0.25, 0.3) is 0 Å². The van der Waals surface area contributed by atoms with Gasteiger partial charge in [-0.1, -0.05) is 35.3 Å². The van der Waals surface area contributed by atoms with E-state index in [2.05, 4.69) is 5.32 Å². The number of carbonyl (C=O) groups is 1. The molecule has 116 valence electrons. The number of rotatable bonds is 1. The second-order valence-electron chi connectivity index (χ2n) is 6.04. The van der Waals surface area contributed by atoms with Gasteiger partial charge in [-0.05, 0) is 32.4 Å². The first-order valence-corrected chi connectivity index (χ1v) is 7.69. The van der Waals surface area contributed by atoms with Gasteiger partial charge in [-0.2, -0.15) is 0 Å². The third-order valence-corrected chi connectivity index (χ3v) is 4.05. The highest BCUT2D eigenvalue weighted by atomic mass is 35.5. The normalized spacial score (nSPS) is 19.5. The number of ether oxygens (including phenoxy) is 1. The zero-order chi connectivity index (χ0) is 15.6. The SMILES string of the molecule is CC(C)(C)OC(=O)N1CCNCC1c1cccc(Cl)c1Cl. The summed E-state index contributed by atoms with van der Waals surface area (Å²) < 4.78 is 5.48. The van der Waals surface area contributed by atoms with Crippen molar-refractivity contribution in [3.05, 3.63) is 33.8 Å². The molecule has 0 bridgehead atoms. The maximum absolute atomic E-state index is 12.4. The Morgan fingerprint density at radius 3 is 2.76 bits per heavy atom. The highest BCUT2D eigenvalue weighted by Crippen LogP contribution is 2.34. The fourth-order valence-electron chi connectivity index (χ4n) is 2.30. The minimum Gasteiger partial charge on any atom is -0.444 e. The molecular formula is C15H20Cl2N2O2. The average Bonchev–Trinajstić information content (AvgIpc) is 2.40. The molecule has 21 heavy (non-hydrogen) atoms. The highest BCUT2D eigenvalue weighted by molar-refractivity contribution is 6.42. The standard InChI is InChI=1S/C15H20Cl2N2O2/c1-15(2,3)21-14(20)19-8-7-18-9-12(19)10-5-4-6-11(16)13(10)17/h4-6,12,18H,7-9H2,1-3H3. The molecule has 1 atom stereocenters. The summed E-state index contributed by atoms with van der Waals surface area (Å²) in [6.07, 6.45) is -0.329. The molecule has 0 aliphatic carbocycles. The van der Waals surface area contributed by atoms with Crippen LogP contribution in [0, 0.1) is 0 Å². The van der Waals surface area contributed by atoms with Gasteiger partial charge < -0.3 is 10.1 Å². The first kappa shape index (κ1) is 16.4. The van der Waals surface area contributed by atoms with Crippen molar-refractivity contribution in [3.8, 4) is 0 Å². The lowest BCUT2D eigenvalue weighted by Crippen LogP contribution is -2.50. The maximum atomic E-state index is 12.4. The molecule has 2 rings (SSSR count). The number of nitrogens with zero attached hydrogens (tertiary/aromatic N) is 1. The van der Waals surface area contributed by atoms with Crippen LogP contribution in [0.2, 0.25) is 10.0 Å². The van der Waals surface area contributed by atoms with E-state index >= 15 is 0 Å². The molecule has 1 aromatic rings.